The number of unbranched alkanes of at least 4 members (excludes halogenated alkanes) is 1. The third-order valence-corrected chi connectivity index (χ3v) is 1.87. The van der Waals surface area contributed by atoms with Gasteiger partial charge in [0.25, 0.3) is 0 Å². The summed E-state index contributed by atoms with van der Waals surface area (Å²) in [5.41, 5.74) is 0. The largest absolute Gasteiger partial charge is 0.465 e. The zero-order valence-corrected chi connectivity index (χ0v) is 9.34. The van der Waals surface area contributed by atoms with Crippen LogP contribution >= 0.6 is 0 Å². The fraction of sp³-hybridized carbons (Fsp3) is 0.900. The summed E-state index contributed by atoms with van der Waals surface area (Å²) in [6.07, 6.45) is 2.02. The van der Waals surface area contributed by atoms with Crippen LogP contribution in [0.4, 0.5) is 0 Å². The number of methoxy groups -OCH3 is 1. The number of nitrogens with one attached hydrogen (secondary N) is 1. The van der Waals surface area contributed by atoms with Crippen LogP contribution in [0.2, 0.25) is 0 Å². The molecule has 0 spiro atoms. The van der Waals surface area contributed by atoms with Gasteiger partial charge in [-0.05, 0) is 33.2 Å². The van der Waals surface area contributed by atoms with Gasteiger partial charge in [0.1, 0.15) is 6.04 Å². The molecule has 0 heterocycles. The Morgan fingerprint density at radius 2 is 2.14 bits per heavy atom. The maximum atomic E-state index is 11.2. The molecule has 0 rings (SSSR count). The molecule has 0 aliphatic carbocycles. The molecule has 0 saturated heterocycles. The molecule has 0 amide bonds. The highest BCUT2D eigenvalue weighted by molar-refractivity contribution is 5.75. The first-order valence-electron chi connectivity index (χ1n) is 5.11. The monoisotopic (exact) mass is 203 g/mol. The van der Waals surface area contributed by atoms with Crippen LogP contribution < -0.4 is 5.32 Å². The molecule has 1 atom stereocenters. The summed E-state index contributed by atoms with van der Waals surface area (Å²) in [5, 5.41) is 3.10. The van der Waals surface area contributed by atoms with Gasteiger partial charge >= 0.3 is 5.97 Å². The van der Waals surface area contributed by atoms with Crippen molar-refractivity contribution in [1.29, 1.82) is 0 Å². The highest BCUT2D eigenvalue weighted by Gasteiger charge is 2.11. The van der Waals surface area contributed by atoms with Gasteiger partial charge in [-0.1, -0.05) is 0 Å². The number of esters is 1. The van der Waals surface area contributed by atoms with Gasteiger partial charge in [0.2, 0.25) is 0 Å². The van der Waals surface area contributed by atoms with Crippen molar-refractivity contribution in [3.63, 3.8) is 0 Å². The first-order chi connectivity index (χ1) is 6.72. The van der Waals surface area contributed by atoms with Gasteiger partial charge < -0.3 is 14.8 Å². The van der Waals surface area contributed by atoms with E-state index in [9.17, 15) is 4.79 Å². The van der Waals surface area contributed by atoms with Crippen LogP contribution in [0.15, 0.2) is 0 Å². The number of carbonyl (C=O) groups is 1. The molecule has 0 saturated carbocycles. The van der Waals surface area contributed by atoms with Gasteiger partial charge in [-0.3, -0.25) is 4.79 Å². The van der Waals surface area contributed by atoms with Crippen molar-refractivity contribution in [3.05, 3.63) is 0 Å². The molecule has 14 heavy (non-hydrogen) atoms. The van der Waals surface area contributed by atoms with Gasteiger partial charge in [-0.25, -0.2) is 0 Å². The standard InChI is InChI=1S/C10H21NO3/c1-4-14-10(12)9(2)11-7-5-6-8-13-3/h9,11H,4-8H2,1-3H3. The van der Waals surface area contributed by atoms with E-state index in [1.165, 1.54) is 0 Å². The number of hydrogen-bond acceptors (Lipinski definition) is 4. The van der Waals surface area contributed by atoms with E-state index in [1.54, 1.807) is 7.11 Å². The predicted molar refractivity (Wildman–Crippen MR) is 55.2 cm³/mol. The maximum absolute atomic E-state index is 11.2. The second-order valence-corrected chi connectivity index (χ2v) is 3.13. The van der Waals surface area contributed by atoms with Gasteiger partial charge in [0.05, 0.1) is 6.61 Å². The van der Waals surface area contributed by atoms with Crippen LogP contribution in [0.5, 0.6) is 0 Å². The second-order valence-electron chi connectivity index (χ2n) is 3.13. The zero-order valence-electron chi connectivity index (χ0n) is 9.34. The minimum absolute atomic E-state index is 0.181. The molecule has 0 fully saturated rings. The Balaban J connectivity index is 3.34. The summed E-state index contributed by atoms with van der Waals surface area (Å²) in [7, 11) is 1.69. The van der Waals surface area contributed by atoms with Crippen molar-refractivity contribution in [2.24, 2.45) is 0 Å². The van der Waals surface area contributed by atoms with Gasteiger partial charge in [0, 0.05) is 13.7 Å². The minimum atomic E-state index is -0.211. The van der Waals surface area contributed by atoms with Crippen LogP contribution in [0, 0.1) is 0 Å². The summed E-state index contributed by atoms with van der Waals surface area (Å²) in [6, 6.07) is -0.211. The molecule has 4 heteroatoms. The van der Waals surface area contributed by atoms with Crippen LogP contribution in [-0.4, -0.2) is 38.9 Å². The Kier molecular flexibility index (Phi) is 8.57. The average molecular weight is 203 g/mol. The van der Waals surface area contributed by atoms with E-state index in [4.69, 9.17) is 9.47 Å². The van der Waals surface area contributed by atoms with E-state index in [0.717, 1.165) is 26.0 Å². The molecule has 0 bridgehead atoms. The zero-order chi connectivity index (χ0) is 10.8. The first-order valence-corrected chi connectivity index (χ1v) is 5.11. The van der Waals surface area contributed by atoms with Gasteiger partial charge in [0.15, 0.2) is 0 Å². The van der Waals surface area contributed by atoms with E-state index < -0.39 is 0 Å². The highest BCUT2D eigenvalue weighted by Crippen LogP contribution is 1.91. The summed E-state index contributed by atoms with van der Waals surface area (Å²) in [6.45, 7) is 5.66. The SMILES string of the molecule is CCOC(=O)C(C)NCCCCOC. The predicted octanol–water partition coefficient (Wildman–Crippen LogP) is 0.954. The number of ether oxygens (including phenoxy) is 2. The molecule has 0 aliphatic heterocycles. The normalized spacial score (nSPS) is 12.5. The molecule has 0 aromatic rings. The molecule has 0 aromatic heterocycles. The second kappa shape index (κ2) is 8.97. The molecule has 84 valence electrons. The Morgan fingerprint density at radius 1 is 1.43 bits per heavy atom. The molecule has 0 aliphatic rings. The van der Waals surface area contributed by atoms with Crippen molar-refractivity contribution >= 4 is 5.97 Å². The van der Waals surface area contributed by atoms with Crippen molar-refractivity contribution in [2.75, 3.05) is 26.9 Å². The quantitative estimate of drug-likeness (QED) is 0.471. The lowest BCUT2D eigenvalue weighted by atomic mass is 10.3. The van der Waals surface area contributed by atoms with Crippen molar-refractivity contribution in [1.82, 2.24) is 5.32 Å². The molecular weight excluding hydrogens is 182 g/mol. The molecule has 0 aromatic carbocycles. The lowest BCUT2D eigenvalue weighted by Crippen LogP contribution is -2.36. The minimum Gasteiger partial charge on any atom is -0.465 e. The van der Waals surface area contributed by atoms with Crippen LogP contribution in [-0.2, 0) is 14.3 Å². The fourth-order valence-electron chi connectivity index (χ4n) is 1.04. The molecule has 4 nitrogen and oxygen atoms in total. The Labute approximate surface area is 86.0 Å². The first kappa shape index (κ1) is 13.4. The van der Waals surface area contributed by atoms with Crippen LogP contribution in [0.3, 0.4) is 0 Å². The maximum Gasteiger partial charge on any atom is 0.322 e. The van der Waals surface area contributed by atoms with E-state index in [0.29, 0.717) is 6.61 Å². The number of hydrogen-bond donors (Lipinski definition) is 1. The number of rotatable bonds is 8. The lowest BCUT2D eigenvalue weighted by Gasteiger charge is -2.11. The van der Waals surface area contributed by atoms with Crippen molar-refractivity contribution in [2.45, 2.75) is 32.7 Å². The smallest absolute Gasteiger partial charge is 0.322 e. The van der Waals surface area contributed by atoms with E-state index >= 15 is 0 Å². The summed E-state index contributed by atoms with van der Waals surface area (Å²) >= 11 is 0. The lowest BCUT2D eigenvalue weighted by molar-refractivity contribution is -0.145. The average Bonchev–Trinajstić information content (AvgIpc) is 2.17. The molecule has 1 N–H and O–H groups in total. The fourth-order valence-corrected chi connectivity index (χ4v) is 1.04. The third-order valence-electron chi connectivity index (χ3n) is 1.87. The summed E-state index contributed by atoms with van der Waals surface area (Å²) in [5.74, 6) is -0.181. The summed E-state index contributed by atoms with van der Waals surface area (Å²) < 4.78 is 9.77. The topological polar surface area (TPSA) is 47.6 Å². The van der Waals surface area contributed by atoms with Gasteiger partial charge in [-0.15, -0.1) is 0 Å². The number of carbonyl (C=O) groups excluding carboxylic acids is 1. The van der Waals surface area contributed by atoms with Crippen molar-refractivity contribution < 1.29 is 14.3 Å². The highest BCUT2D eigenvalue weighted by atomic mass is 16.5. The van der Waals surface area contributed by atoms with Gasteiger partial charge in [-0.2, -0.15) is 0 Å². The van der Waals surface area contributed by atoms with E-state index in [1.807, 2.05) is 13.8 Å². The van der Waals surface area contributed by atoms with Crippen LogP contribution in [0.1, 0.15) is 26.7 Å². The van der Waals surface area contributed by atoms with E-state index in [-0.39, 0.29) is 12.0 Å². The van der Waals surface area contributed by atoms with Crippen LogP contribution in [0.25, 0.3) is 0 Å². The Bertz CT molecular complexity index is 150. The van der Waals surface area contributed by atoms with E-state index in [2.05, 4.69) is 5.32 Å². The molecule has 1 unspecified atom stereocenters. The Hall–Kier alpha value is -0.610. The molecular formula is C10H21NO3. The van der Waals surface area contributed by atoms with Crippen molar-refractivity contribution in [3.8, 4) is 0 Å². The third kappa shape index (κ3) is 6.86. The molecule has 0 radical (unpaired) electrons. The Morgan fingerprint density at radius 3 is 2.71 bits per heavy atom. The summed E-state index contributed by atoms with van der Waals surface area (Å²) in [4.78, 5) is 11.2.